The summed E-state index contributed by atoms with van der Waals surface area (Å²) in [5, 5.41) is 12.4. The Bertz CT molecular complexity index is 2920. The van der Waals surface area contributed by atoms with Gasteiger partial charge in [0.15, 0.2) is 0 Å². The molecule has 0 aliphatic heterocycles. The Kier molecular flexibility index (Phi) is 8.43. The average molecular weight is 737 g/mol. The second-order valence-corrected chi connectivity index (χ2v) is 15.8. The van der Waals surface area contributed by atoms with E-state index < -0.39 is 0 Å². The van der Waals surface area contributed by atoms with Crippen LogP contribution in [-0.2, 0) is 18.4 Å². The molecule has 0 saturated heterocycles. The number of rotatable bonds is 8. The summed E-state index contributed by atoms with van der Waals surface area (Å²) in [6, 6.07) is 66.3. The number of fused-ring (bicyclic) bond motifs is 6. The summed E-state index contributed by atoms with van der Waals surface area (Å²) in [4.78, 5) is 2.38. The molecule has 0 unspecified atom stereocenters. The lowest BCUT2D eigenvalue weighted by molar-refractivity contribution is 0.282. The Labute approximate surface area is 334 Å². The third kappa shape index (κ3) is 5.86. The van der Waals surface area contributed by atoms with Gasteiger partial charge in [-0.2, -0.15) is 0 Å². The van der Waals surface area contributed by atoms with Crippen molar-refractivity contribution < 1.29 is 5.11 Å². The van der Waals surface area contributed by atoms with E-state index in [-0.39, 0.29) is 12.0 Å². The normalized spacial score (nSPS) is 12.8. The Morgan fingerprint density at radius 2 is 1.02 bits per heavy atom. The number of aryl methyl sites for hydroxylation is 1. The topological polar surface area (TPSA) is 28.4 Å². The first-order valence-corrected chi connectivity index (χ1v) is 20.0. The van der Waals surface area contributed by atoms with Gasteiger partial charge in [0, 0.05) is 38.9 Å². The van der Waals surface area contributed by atoms with Gasteiger partial charge >= 0.3 is 0 Å². The molecule has 0 saturated carbocycles. The fourth-order valence-corrected chi connectivity index (χ4v) is 9.02. The molecule has 1 aliphatic carbocycles. The summed E-state index contributed by atoms with van der Waals surface area (Å²) in [7, 11) is 0. The number of anilines is 3. The first kappa shape index (κ1) is 34.8. The molecule has 57 heavy (non-hydrogen) atoms. The fourth-order valence-electron chi connectivity index (χ4n) is 9.02. The largest absolute Gasteiger partial charge is 0.392 e. The molecule has 3 nitrogen and oxygen atoms in total. The number of hydrogen-bond acceptors (Lipinski definition) is 2. The molecule has 9 aromatic rings. The van der Waals surface area contributed by atoms with E-state index in [2.05, 4.69) is 206 Å². The third-order valence-corrected chi connectivity index (χ3v) is 12.1. The molecule has 3 heteroatoms. The highest BCUT2D eigenvalue weighted by Gasteiger charge is 2.35. The highest BCUT2D eigenvalue weighted by Crippen LogP contribution is 2.50. The van der Waals surface area contributed by atoms with E-state index in [1.807, 2.05) is 6.07 Å². The van der Waals surface area contributed by atoms with Gasteiger partial charge in [-0.3, -0.25) is 0 Å². The van der Waals surface area contributed by atoms with Crippen LogP contribution in [-0.4, -0.2) is 9.67 Å². The monoisotopic (exact) mass is 736 g/mol. The predicted octanol–water partition coefficient (Wildman–Crippen LogP) is 13.9. The Morgan fingerprint density at radius 3 is 1.70 bits per heavy atom. The van der Waals surface area contributed by atoms with E-state index >= 15 is 0 Å². The fraction of sp³-hybridized carbons (Fsp3) is 0.111. The van der Waals surface area contributed by atoms with Crippen LogP contribution in [0.5, 0.6) is 0 Å². The van der Waals surface area contributed by atoms with Gasteiger partial charge in [-0.05, 0) is 135 Å². The Morgan fingerprint density at radius 1 is 0.474 bits per heavy atom. The van der Waals surface area contributed by atoms with Gasteiger partial charge in [-0.1, -0.05) is 130 Å². The second-order valence-electron chi connectivity index (χ2n) is 15.8. The van der Waals surface area contributed by atoms with Gasteiger partial charge in [0.1, 0.15) is 0 Å². The van der Waals surface area contributed by atoms with Crippen molar-refractivity contribution in [3.05, 3.63) is 204 Å². The molecule has 1 heterocycles. The van der Waals surface area contributed by atoms with Crippen LogP contribution >= 0.6 is 0 Å². The first-order valence-electron chi connectivity index (χ1n) is 20.0. The minimum absolute atomic E-state index is 0.00902. The molecule has 0 radical (unpaired) electrons. The van der Waals surface area contributed by atoms with Crippen molar-refractivity contribution >= 4 is 38.9 Å². The van der Waals surface area contributed by atoms with Crippen molar-refractivity contribution in [2.75, 3.05) is 4.90 Å². The van der Waals surface area contributed by atoms with E-state index in [4.69, 9.17) is 0 Å². The second kappa shape index (κ2) is 13.8. The summed E-state index contributed by atoms with van der Waals surface area (Å²) in [6.07, 6.45) is 1.01. The number of aliphatic hydroxyl groups is 1. The quantitative estimate of drug-likeness (QED) is 0.168. The van der Waals surface area contributed by atoms with Crippen LogP contribution in [0, 0.1) is 0 Å². The van der Waals surface area contributed by atoms with E-state index in [1.165, 1.54) is 44.3 Å². The van der Waals surface area contributed by atoms with Gasteiger partial charge in [0.2, 0.25) is 0 Å². The number of aliphatic hydroxyl groups excluding tert-OH is 1. The SMILES string of the molecule is CCc1ccc(-n2c3ccc(CO)cc3c3cc(-c4ccc(N(c5ccc(-c6ccccc6)cc5)c5ccc6c(c5)C(C)(C)c5ccccc5-6)cc4)ccc32)cc1. The summed E-state index contributed by atoms with van der Waals surface area (Å²) >= 11 is 0. The predicted molar refractivity (Wildman–Crippen MR) is 239 cm³/mol. The van der Waals surface area contributed by atoms with Crippen molar-refractivity contribution in [1.29, 1.82) is 0 Å². The number of nitrogens with zero attached hydrogens (tertiary/aromatic N) is 2. The van der Waals surface area contributed by atoms with Gasteiger partial charge in [-0.15, -0.1) is 0 Å². The van der Waals surface area contributed by atoms with E-state index in [1.54, 1.807) is 0 Å². The maximum atomic E-state index is 10.1. The summed E-state index contributed by atoms with van der Waals surface area (Å²) in [5.41, 5.74) is 19.0. The molecular formula is C54H44N2O. The van der Waals surface area contributed by atoms with Crippen LogP contribution in [0.15, 0.2) is 182 Å². The van der Waals surface area contributed by atoms with Crippen LogP contribution in [0.3, 0.4) is 0 Å². The molecular weight excluding hydrogens is 693 g/mol. The average Bonchev–Trinajstić information content (AvgIpc) is 3.71. The molecule has 1 aliphatic rings. The van der Waals surface area contributed by atoms with E-state index in [0.717, 1.165) is 62.3 Å². The number of benzene rings is 8. The smallest absolute Gasteiger partial charge is 0.0682 e. The molecule has 1 aromatic heterocycles. The minimum Gasteiger partial charge on any atom is -0.392 e. The van der Waals surface area contributed by atoms with E-state index in [0.29, 0.717) is 0 Å². The van der Waals surface area contributed by atoms with Crippen molar-refractivity contribution in [2.24, 2.45) is 0 Å². The molecule has 0 atom stereocenters. The highest BCUT2D eigenvalue weighted by atomic mass is 16.3. The zero-order valence-corrected chi connectivity index (χ0v) is 32.6. The third-order valence-electron chi connectivity index (χ3n) is 12.1. The van der Waals surface area contributed by atoms with Gasteiger partial charge in [-0.25, -0.2) is 0 Å². The van der Waals surface area contributed by atoms with Crippen LogP contribution in [0.1, 0.15) is 43.0 Å². The van der Waals surface area contributed by atoms with Crippen LogP contribution in [0.2, 0.25) is 0 Å². The summed E-state index contributed by atoms with van der Waals surface area (Å²) in [6.45, 7) is 6.88. The van der Waals surface area contributed by atoms with Crippen LogP contribution < -0.4 is 4.90 Å². The number of aromatic nitrogens is 1. The maximum absolute atomic E-state index is 10.1. The zero-order valence-electron chi connectivity index (χ0n) is 32.6. The van der Waals surface area contributed by atoms with E-state index in [9.17, 15) is 5.11 Å². The highest BCUT2D eigenvalue weighted by molar-refractivity contribution is 6.10. The van der Waals surface area contributed by atoms with Crippen molar-refractivity contribution in [1.82, 2.24) is 4.57 Å². The molecule has 0 amide bonds. The summed E-state index contributed by atoms with van der Waals surface area (Å²) < 4.78 is 2.34. The molecule has 0 bridgehead atoms. The lowest BCUT2D eigenvalue weighted by atomic mass is 9.82. The molecule has 1 N–H and O–H groups in total. The molecule has 0 fully saturated rings. The Balaban J connectivity index is 1.07. The maximum Gasteiger partial charge on any atom is 0.0682 e. The number of hydrogen-bond donors (Lipinski definition) is 1. The van der Waals surface area contributed by atoms with Crippen LogP contribution in [0.4, 0.5) is 17.1 Å². The summed E-state index contributed by atoms with van der Waals surface area (Å²) in [5.74, 6) is 0. The zero-order chi connectivity index (χ0) is 38.7. The van der Waals surface area contributed by atoms with Crippen molar-refractivity contribution in [3.63, 3.8) is 0 Å². The van der Waals surface area contributed by atoms with Gasteiger partial charge in [0.05, 0.1) is 17.6 Å². The lowest BCUT2D eigenvalue weighted by Crippen LogP contribution is -2.16. The standard InChI is InChI=1S/C54H44N2O/c1-4-36-14-22-44(23-15-36)56-52-30-16-37(35-57)32-48(52)49-33-41(21-31-53(49)56)40-19-26-43(27-20-40)55(42-24-17-39(18-25-42)38-10-6-5-7-11-38)45-28-29-47-46-12-8-9-13-50(46)54(2,3)51(47)34-45/h5-34,57H,4,35H2,1-3H3. The van der Waals surface area contributed by atoms with Gasteiger partial charge in [0.25, 0.3) is 0 Å². The first-order chi connectivity index (χ1) is 27.9. The Hall–Kier alpha value is -6.68. The molecule has 0 spiro atoms. The lowest BCUT2D eigenvalue weighted by Gasteiger charge is -2.28. The molecule has 10 rings (SSSR count). The molecule has 8 aromatic carbocycles. The van der Waals surface area contributed by atoms with Crippen molar-refractivity contribution in [3.8, 4) is 39.1 Å². The van der Waals surface area contributed by atoms with Crippen molar-refractivity contribution in [2.45, 2.75) is 39.2 Å². The minimum atomic E-state index is -0.104. The van der Waals surface area contributed by atoms with Crippen LogP contribution in [0.25, 0.3) is 60.9 Å². The van der Waals surface area contributed by atoms with Gasteiger partial charge < -0.3 is 14.6 Å². The molecule has 276 valence electrons.